The van der Waals surface area contributed by atoms with Gasteiger partial charge in [-0.3, -0.25) is 9.69 Å². The Morgan fingerprint density at radius 3 is 2.42 bits per heavy atom. The van der Waals surface area contributed by atoms with E-state index in [0.717, 1.165) is 43.5 Å². The number of hydrogen-bond donors (Lipinski definition) is 2. The maximum absolute atomic E-state index is 12.3. The van der Waals surface area contributed by atoms with Gasteiger partial charge in [0.2, 0.25) is 15.9 Å². The van der Waals surface area contributed by atoms with E-state index in [1.54, 1.807) is 18.2 Å². The first kappa shape index (κ1) is 21.8. The maximum Gasteiger partial charge on any atom is 0.240 e. The molecule has 7 nitrogen and oxygen atoms in total. The van der Waals surface area contributed by atoms with Gasteiger partial charge in [0, 0.05) is 57.1 Å². The zero-order chi connectivity index (χ0) is 21.7. The van der Waals surface area contributed by atoms with Crippen molar-refractivity contribution in [1.29, 1.82) is 0 Å². The molecule has 31 heavy (non-hydrogen) atoms. The first-order chi connectivity index (χ1) is 15.0. The van der Waals surface area contributed by atoms with Crippen molar-refractivity contribution in [2.45, 2.75) is 24.2 Å². The van der Waals surface area contributed by atoms with E-state index in [4.69, 9.17) is 0 Å². The monoisotopic (exact) mass is 442 g/mol. The number of sulfonamides is 1. The maximum atomic E-state index is 12.3. The smallest absolute Gasteiger partial charge is 0.240 e. The van der Waals surface area contributed by atoms with Crippen LogP contribution in [0.15, 0.2) is 59.5 Å². The Morgan fingerprint density at radius 1 is 0.968 bits per heavy atom. The Morgan fingerprint density at radius 2 is 1.71 bits per heavy atom. The van der Waals surface area contributed by atoms with E-state index in [1.807, 2.05) is 18.2 Å². The summed E-state index contributed by atoms with van der Waals surface area (Å²) in [7, 11) is -3.60. The molecule has 1 saturated heterocycles. The summed E-state index contributed by atoms with van der Waals surface area (Å²) in [5.74, 6) is 0.699. The molecule has 1 heterocycles. The molecular weight excluding hydrogens is 412 g/mol. The van der Waals surface area contributed by atoms with Crippen LogP contribution in [0.2, 0.25) is 0 Å². The van der Waals surface area contributed by atoms with E-state index in [-0.39, 0.29) is 23.8 Å². The molecular formula is C23H30N4O3S. The third-order valence-electron chi connectivity index (χ3n) is 5.78. The zero-order valence-electron chi connectivity index (χ0n) is 17.7. The fourth-order valence-electron chi connectivity index (χ4n) is 3.84. The second-order valence-corrected chi connectivity index (χ2v) is 10.1. The Balaban J connectivity index is 1.24. The van der Waals surface area contributed by atoms with Crippen LogP contribution in [-0.4, -0.2) is 58.5 Å². The van der Waals surface area contributed by atoms with Crippen LogP contribution >= 0.6 is 0 Å². The van der Waals surface area contributed by atoms with Gasteiger partial charge in [-0.1, -0.05) is 24.3 Å². The number of piperazine rings is 1. The molecule has 1 aliphatic heterocycles. The normalized spacial score (nSPS) is 17.5. The summed E-state index contributed by atoms with van der Waals surface area (Å²) in [5.41, 5.74) is 1.84. The Hall–Kier alpha value is -2.42. The van der Waals surface area contributed by atoms with E-state index >= 15 is 0 Å². The predicted octanol–water partition coefficient (Wildman–Crippen LogP) is 2.53. The van der Waals surface area contributed by atoms with Crippen LogP contribution in [-0.2, 0) is 14.8 Å². The van der Waals surface area contributed by atoms with Gasteiger partial charge in [-0.25, -0.2) is 13.1 Å². The Bertz CT molecular complexity index is 985. The van der Waals surface area contributed by atoms with Gasteiger partial charge in [0.25, 0.3) is 0 Å². The molecule has 0 radical (unpaired) electrons. The van der Waals surface area contributed by atoms with Crippen molar-refractivity contribution in [3.63, 3.8) is 0 Å². The van der Waals surface area contributed by atoms with Crippen molar-refractivity contribution in [1.82, 2.24) is 9.62 Å². The minimum Gasteiger partial charge on any atom is -0.369 e. The molecule has 0 atom stereocenters. The van der Waals surface area contributed by atoms with Gasteiger partial charge < -0.3 is 10.2 Å². The zero-order valence-corrected chi connectivity index (χ0v) is 18.5. The van der Waals surface area contributed by atoms with Gasteiger partial charge in [-0.05, 0) is 49.1 Å². The minimum atomic E-state index is -3.60. The average Bonchev–Trinajstić information content (AvgIpc) is 3.59. The number of hydrogen-bond acceptors (Lipinski definition) is 5. The molecule has 2 aromatic rings. The molecule has 1 aliphatic carbocycles. The molecule has 0 bridgehead atoms. The van der Waals surface area contributed by atoms with Crippen molar-refractivity contribution in [3.05, 3.63) is 54.6 Å². The highest BCUT2D eigenvalue weighted by Gasteiger charge is 2.26. The van der Waals surface area contributed by atoms with Gasteiger partial charge >= 0.3 is 0 Å². The quantitative estimate of drug-likeness (QED) is 0.624. The van der Waals surface area contributed by atoms with Crippen LogP contribution in [0.5, 0.6) is 0 Å². The molecule has 0 aromatic heterocycles. The molecule has 2 N–H and O–H groups in total. The second kappa shape index (κ2) is 9.80. The second-order valence-electron chi connectivity index (χ2n) is 8.29. The number of rotatable bonds is 9. The highest BCUT2D eigenvalue weighted by atomic mass is 32.2. The van der Waals surface area contributed by atoms with Crippen LogP contribution in [0.25, 0.3) is 0 Å². The highest BCUT2D eigenvalue weighted by molar-refractivity contribution is 7.89. The molecule has 166 valence electrons. The van der Waals surface area contributed by atoms with Gasteiger partial charge in [-0.2, -0.15) is 0 Å². The molecule has 0 unspecified atom stereocenters. The summed E-state index contributed by atoms with van der Waals surface area (Å²) < 4.78 is 26.9. The first-order valence-electron chi connectivity index (χ1n) is 10.9. The molecule has 2 aromatic carbocycles. The van der Waals surface area contributed by atoms with E-state index < -0.39 is 10.0 Å². The van der Waals surface area contributed by atoms with Crippen LogP contribution in [0.3, 0.4) is 0 Å². The Kier molecular flexibility index (Phi) is 6.89. The molecule has 1 saturated carbocycles. The number of nitrogens with zero attached hydrogens (tertiary/aromatic N) is 2. The third kappa shape index (κ3) is 6.29. The summed E-state index contributed by atoms with van der Waals surface area (Å²) in [4.78, 5) is 17.4. The summed E-state index contributed by atoms with van der Waals surface area (Å²) in [6, 6.07) is 16.0. The average molecular weight is 443 g/mol. The largest absolute Gasteiger partial charge is 0.369 e. The lowest BCUT2D eigenvalue weighted by Crippen LogP contribution is -2.47. The van der Waals surface area contributed by atoms with Gasteiger partial charge in [0.1, 0.15) is 0 Å². The summed E-state index contributed by atoms with van der Waals surface area (Å²) in [6.45, 7) is 5.42. The molecule has 2 fully saturated rings. The van der Waals surface area contributed by atoms with Crippen molar-refractivity contribution >= 4 is 27.3 Å². The SMILES string of the molecule is O=C(CCNS(=O)(=O)c1ccccc1)Nc1cccc(N2CCN(CC3CC3)CC2)c1. The lowest BCUT2D eigenvalue weighted by atomic mass is 10.2. The van der Waals surface area contributed by atoms with Crippen LogP contribution in [0, 0.1) is 5.92 Å². The lowest BCUT2D eigenvalue weighted by molar-refractivity contribution is -0.116. The summed E-state index contributed by atoms with van der Waals surface area (Å²) >= 11 is 0. The van der Waals surface area contributed by atoms with Crippen molar-refractivity contribution in [2.75, 3.05) is 49.5 Å². The highest BCUT2D eigenvalue weighted by Crippen LogP contribution is 2.30. The molecule has 8 heteroatoms. The fourth-order valence-corrected chi connectivity index (χ4v) is 4.89. The molecule has 2 aliphatic rings. The lowest BCUT2D eigenvalue weighted by Gasteiger charge is -2.36. The number of carbonyl (C=O) groups excluding carboxylic acids is 1. The summed E-state index contributed by atoms with van der Waals surface area (Å²) in [6.07, 6.45) is 2.83. The fraction of sp³-hybridized carbons (Fsp3) is 0.435. The van der Waals surface area contributed by atoms with Gasteiger partial charge in [0.05, 0.1) is 4.90 Å². The molecule has 1 amide bonds. The van der Waals surface area contributed by atoms with E-state index in [0.29, 0.717) is 0 Å². The Labute approximate surface area is 184 Å². The van der Waals surface area contributed by atoms with Crippen LogP contribution < -0.4 is 14.9 Å². The minimum absolute atomic E-state index is 0.0473. The third-order valence-corrected chi connectivity index (χ3v) is 7.26. The number of carbonyl (C=O) groups is 1. The number of benzene rings is 2. The number of anilines is 2. The van der Waals surface area contributed by atoms with Crippen molar-refractivity contribution in [3.8, 4) is 0 Å². The van der Waals surface area contributed by atoms with E-state index in [1.165, 1.54) is 31.5 Å². The molecule has 0 spiro atoms. The number of amides is 1. The van der Waals surface area contributed by atoms with Gasteiger partial charge in [-0.15, -0.1) is 0 Å². The number of nitrogens with one attached hydrogen (secondary N) is 2. The predicted molar refractivity (Wildman–Crippen MR) is 123 cm³/mol. The van der Waals surface area contributed by atoms with E-state index in [2.05, 4.69) is 25.9 Å². The topological polar surface area (TPSA) is 81.7 Å². The van der Waals surface area contributed by atoms with Crippen molar-refractivity contribution in [2.24, 2.45) is 5.92 Å². The van der Waals surface area contributed by atoms with Crippen molar-refractivity contribution < 1.29 is 13.2 Å². The van der Waals surface area contributed by atoms with Gasteiger partial charge in [0.15, 0.2) is 0 Å². The van der Waals surface area contributed by atoms with Crippen LogP contribution in [0.4, 0.5) is 11.4 Å². The summed E-state index contributed by atoms with van der Waals surface area (Å²) in [5, 5.41) is 2.88. The van der Waals surface area contributed by atoms with E-state index in [9.17, 15) is 13.2 Å². The first-order valence-corrected chi connectivity index (χ1v) is 12.4. The van der Waals surface area contributed by atoms with Crippen LogP contribution in [0.1, 0.15) is 19.3 Å². The standard InChI is InChI=1S/C23H30N4O3S/c28-23(11-12-24-31(29,30)22-7-2-1-3-8-22)25-20-5-4-6-21(17-20)27-15-13-26(14-16-27)18-19-9-10-19/h1-8,17,19,24H,9-16,18H2,(H,25,28). The molecule has 4 rings (SSSR count).